The number of aromatic nitrogens is 1. The molecule has 1 N–H and O–H groups in total. The topological polar surface area (TPSA) is 51.2 Å². The maximum absolute atomic E-state index is 12.1. The predicted molar refractivity (Wildman–Crippen MR) is 77.0 cm³/mol. The normalized spacial score (nSPS) is 10.5. The van der Waals surface area contributed by atoms with E-state index in [1.165, 1.54) is 11.3 Å². The first-order chi connectivity index (χ1) is 9.06. The molecule has 0 saturated heterocycles. The molecule has 0 aliphatic carbocycles. The fourth-order valence-electron chi connectivity index (χ4n) is 1.58. The first kappa shape index (κ1) is 13.5. The molecule has 19 heavy (non-hydrogen) atoms. The Morgan fingerprint density at radius 1 is 1.37 bits per heavy atom. The minimum Gasteiger partial charge on any atom is -0.489 e. The van der Waals surface area contributed by atoms with Gasteiger partial charge in [-0.2, -0.15) is 0 Å². The molecule has 0 fully saturated rings. The van der Waals surface area contributed by atoms with Crippen LogP contribution in [0.25, 0.3) is 0 Å². The summed E-state index contributed by atoms with van der Waals surface area (Å²) in [7, 11) is 0. The lowest BCUT2D eigenvalue weighted by atomic mass is 10.3. The number of para-hydroxylation sites is 2. The third-order valence-electron chi connectivity index (χ3n) is 2.34. The lowest BCUT2D eigenvalue weighted by Crippen LogP contribution is -2.13. The van der Waals surface area contributed by atoms with Crippen LogP contribution in [0, 0.1) is 6.92 Å². The number of anilines is 1. The van der Waals surface area contributed by atoms with Crippen LogP contribution in [0.4, 0.5) is 5.69 Å². The fourth-order valence-corrected chi connectivity index (χ4v) is 2.25. The van der Waals surface area contributed by atoms with Crippen LogP contribution < -0.4 is 10.1 Å². The zero-order valence-electron chi connectivity index (χ0n) is 11.1. The molecule has 0 atom stereocenters. The van der Waals surface area contributed by atoms with Crippen molar-refractivity contribution in [2.24, 2.45) is 0 Å². The van der Waals surface area contributed by atoms with E-state index in [4.69, 9.17) is 4.74 Å². The molecule has 1 heterocycles. The molecule has 0 aliphatic rings. The van der Waals surface area contributed by atoms with Gasteiger partial charge in [0.1, 0.15) is 10.6 Å². The monoisotopic (exact) mass is 276 g/mol. The van der Waals surface area contributed by atoms with Crippen LogP contribution in [0.15, 0.2) is 30.5 Å². The molecule has 5 heteroatoms. The summed E-state index contributed by atoms with van der Waals surface area (Å²) in [5.74, 6) is 0.512. The van der Waals surface area contributed by atoms with Gasteiger partial charge in [0, 0.05) is 0 Å². The summed E-state index contributed by atoms with van der Waals surface area (Å²) in [5.41, 5.74) is 0.673. The molecular formula is C14H16N2O2S. The van der Waals surface area contributed by atoms with Gasteiger partial charge in [-0.25, -0.2) is 4.98 Å². The van der Waals surface area contributed by atoms with E-state index in [1.807, 2.05) is 45.0 Å². The number of nitrogens with one attached hydrogen (secondary N) is 1. The number of ether oxygens (including phenoxy) is 1. The Balaban J connectivity index is 2.16. The molecule has 0 spiro atoms. The Morgan fingerprint density at radius 3 is 2.74 bits per heavy atom. The highest BCUT2D eigenvalue weighted by atomic mass is 32.1. The molecule has 0 radical (unpaired) electrons. The Morgan fingerprint density at radius 2 is 2.11 bits per heavy atom. The molecule has 1 aromatic heterocycles. The highest BCUT2D eigenvalue weighted by Crippen LogP contribution is 2.26. The number of thiazole rings is 1. The summed E-state index contributed by atoms with van der Waals surface area (Å²) in [6, 6.07) is 7.40. The molecule has 4 nitrogen and oxygen atoms in total. The van der Waals surface area contributed by atoms with Crippen LogP contribution in [0.2, 0.25) is 0 Å². The third kappa shape index (κ3) is 3.54. The van der Waals surface area contributed by atoms with Crippen LogP contribution >= 0.6 is 11.3 Å². The molecule has 0 saturated carbocycles. The van der Waals surface area contributed by atoms with Crippen molar-refractivity contribution < 1.29 is 9.53 Å². The maximum Gasteiger partial charge on any atom is 0.267 e. The Hall–Kier alpha value is -1.88. The first-order valence-electron chi connectivity index (χ1n) is 6.05. The smallest absolute Gasteiger partial charge is 0.267 e. The number of benzene rings is 1. The van der Waals surface area contributed by atoms with Crippen LogP contribution in [0.5, 0.6) is 5.75 Å². The maximum atomic E-state index is 12.1. The standard InChI is InChI=1S/C14H16N2O2S/c1-9(2)18-12-7-5-4-6-11(12)16-14(17)13-8-15-10(3)19-13/h4-9H,1-3H3,(H,16,17). The number of rotatable bonds is 4. The summed E-state index contributed by atoms with van der Waals surface area (Å²) < 4.78 is 5.66. The third-order valence-corrected chi connectivity index (χ3v) is 3.25. The average Bonchev–Trinajstić information content (AvgIpc) is 2.78. The van der Waals surface area contributed by atoms with Crippen molar-refractivity contribution in [3.8, 4) is 5.75 Å². The lowest BCUT2D eigenvalue weighted by Gasteiger charge is -2.14. The quantitative estimate of drug-likeness (QED) is 0.930. The van der Waals surface area contributed by atoms with Gasteiger partial charge in [-0.15, -0.1) is 11.3 Å². The second kappa shape index (κ2) is 5.84. The Bertz CT molecular complexity index is 578. The van der Waals surface area contributed by atoms with Gasteiger partial charge in [0.25, 0.3) is 5.91 Å². The van der Waals surface area contributed by atoms with Crippen LogP contribution in [-0.4, -0.2) is 17.0 Å². The molecule has 1 amide bonds. The minimum atomic E-state index is -0.162. The number of carbonyl (C=O) groups excluding carboxylic acids is 1. The van der Waals surface area contributed by atoms with E-state index in [2.05, 4.69) is 10.3 Å². The fraction of sp³-hybridized carbons (Fsp3) is 0.286. The average molecular weight is 276 g/mol. The van der Waals surface area contributed by atoms with E-state index < -0.39 is 0 Å². The van der Waals surface area contributed by atoms with Crippen molar-refractivity contribution in [2.75, 3.05) is 5.32 Å². The summed E-state index contributed by atoms with van der Waals surface area (Å²) >= 11 is 1.37. The largest absolute Gasteiger partial charge is 0.489 e. The van der Waals surface area contributed by atoms with Gasteiger partial charge in [-0.1, -0.05) is 12.1 Å². The van der Waals surface area contributed by atoms with Crippen molar-refractivity contribution in [2.45, 2.75) is 26.9 Å². The number of hydrogen-bond acceptors (Lipinski definition) is 4. The van der Waals surface area contributed by atoms with Crippen LogP contribution in [-0.2, 0) is 0 Å². The van der Waals surface area contributed by atoms with Gasteiger partial charge < -0.3 is 10.1 Å². The van der Waals surface area contributed by atoms with Crippen LogP contribution in [0.3, 0.4) is 0 Å². The van der Waals surface area contributed by atoms with Crippen molar-refractivity contribution in [1.82, 2.24) is 4.98 Å². The Labute approximate surface area is 116 Å². The van der Waals surface area contributed by atoms with Crippen molar-refractivity contribution in [3.05, 3.63) is 40.3 Å². The van der Waals surface area contributed by atoms with Crippen molar-refractivity contribution in [1.29, 1.82) is 0 Å². The van der Waals surface area contributed by atoms with E-state index >= 15 is 0 Å². The summed E-state index contributed by atoms with van der Waals surface area (Å²) in [6.07, 6.45) is 1.64. The number of carbonyl (C=O) groups is 1. The molecule has 2 aromatic rings. The van der Waals surface area contributed by atoms with Crippen molar-refractivity contribution >= 4 is 22.9 Å². The van der Waals surface area contributed by atoms with E-state index in [-0.39, 0.29) is 12.0 Å². The minimum absolute atomic E-state index is 0.0590. The van der Waals surface area contributed by atoms with E-state index in [9.17, 15) is 4.79 Å². The SMILES string of the molecule is Cc1ncc(C(=O)Nc2ccccc2OC(C)C)s1. The second-order valence-electron chi connectivity index (χ2n) is 4.36. The zero-order valence-corrected chi connectivity index (χ0v) is 12.0. The van der Waals surface area contributed by atoms with Gasteiger partial charge >= 0.3 is 0 Å². The number of aryl methyl sites for hydroxylation is 1. The molecular weight excluding hydrogens is 260 g/mol. The Kier molecular flexibility index (Phi) is 4.16. The van der Waals surface area contributed by atoms with E-state index in [1.54, 1.807) is 6.20 Å². The predicted octanol–water partition coefficient (Wildman–Crippen LogP) is 3.49. The molecule has 0 aliphatic heterocycles. The number of amides is 1. The van der Waals surface area contributed by atoms with Gasteiger partial charge in [0.05, 0.1) is 23.0 Å². The van der Waals surface area contributed by atoms with Gasteiger partial charge in [0.2, 0.25) is 0 Å². The van der Waals surface area contributed by atoms with E-state index in [0.29, 0.717) is 16.3 Å². The van der Waals surface area contributed by atoms with Gasteiger partial charge in [-0.05, 0) is 32.9 Å². The van der Waals surface area contributed by atoms with Crippen molar-refractivity contribution in [3.63, 3.8) is 0 Å². The molecule has 100 valence electrons. The van der Waals surface area contributed by atoms with Gasteiger partial charge in [-0.3, -0.25) is 4.79 Å². The highest BCUT2D eigenvalue weighted by molar-refractivity contribution is 7.13. The summed E-state index contributed by atoms with van der Waals surface area (Å²) in [5, 5.41) is 3.72. The van der Waals surface area contributed by atoms with E-state index in [0.717, 1.165) is 5.01 Å². The van der Waals surface area contributed by atoms with Crippen LogP contribution in [0.1, 0.15) is 28.5 Å². The van der Waals surface area contributed by atoms with Gasteiger partial charge in [0.15, 0.2) is 0 Å². The number of hydrogen-bond donors (Lipinski definition) is 1. The molecule has 0 unspecified atom stereocenters. The molecule has 2 rings (SSSR count). The molecule has 0 bridgehead atoms. The summed E-state index contributed by atoms with van der Waals surface area (Å²) in [4.78, 5) is 16.7. The zero-order chi connectivity index (χ0) is 13.8. The highest BCUT2D eigenvalue weighted by Gasteiger charge is 2.12. The summed E-state index contributed by atoms with van der Waals surface area (Å²) in [6.45, 7) is 5.77. The lowest BCUT2D eigenvalue weighted by molar-refractivity contribution is 0.102. The second-order valence-corrected chi connectivity index (χ2v) is 5.60. The number of nitrogens with zero attached hydrogens (tertiary/aromatic N) is 1. The molecule has 1 aromatic carbocycles. The first-order valence-corrected chi connectivity index (χ1v) is 6.87.